The molecular formula is C22H28N2O4. The fourth-order valence-corrected chi connectivity index (χ4v) is 2.87. The molecule has 150 valence electrons. The predicted molar refractivity (Wildman–Crippen MR) is 109 cm³/mol. The number of hydrazine groups is 1. The van der Waals surface area contributed by atoms with Crippen LogP contribution < -0.4 is 14.9 Å². The molecule has 0 aliphatic carbocycles. The molecule has 0 unspecified atom stereocenters. The first-order valence-corrected chi connectivity index (χ1v) is 9.04. The average Bonchev–Trinajstić information content (AvgIpc) is 2.64. The van der Waals surface area contributed by atoms with E-state index in [1.165, 1.54) is 12.1 Å². The predicted octanol–water partition coefficient (Wildman–Crippen LogP) is 3.91. The third kappa shape index (κ3) is 4.44. The molecule has 0 saturated heterocycles. The molecule has 0 aliphatic heterocycles. The number of nitrogens with one attached hydrogen (secondary N) is 1. The second-order valence-corrected chi connectivity index (χ2v) is 7.59. The number of aryl methyl sites for hydroxylation is 1. The Labute approximate surface area is 166 Å². The summed E-state index contributed by atoms with van der Waals surface area (Å²) in [7, 11) is 3.07. The Morgan fingerprint density at radius 1 is 0.929 bits per heavy atom. The zero-order valence-corrected chi connectivity index (χ0v) is 17.5. The molecule has 0 aromatic heterocycles. The van der Waals surface area contributed by atoms with Crippen molar-refractivity contribution in [1.82, 2.24) is 10.4 Å². The van der Waals surface area contributed by atoms with E-state index in [0.29, 0.717) is 28.2 Å². The van der Waals surface area contributed by atoms with Crippen LogP contribution in [0.2, 0.25) is 0 Å². The number of hydrogen-bond acceptors (Lipinski definition) is 4. The molecular weight excluding hydrogens is 356 g/mol. The Morgan fingerprint density at radius 3 is 2.14 bits per heavy atom. The normalized spacial score (nSPS) is 11.0. The molecule has 2 aromatic carbocycles. The molecule has 0 saturated carbocycles. The van der Waals surface area contributed by atoms with Crippen molar-refractivity contribution in [3.05, 3.63) is 58.7 Å². The Kier molecular flexibility index (Phi) is 6.33. The summed E-state index contributed by atoms with van der Waals surface area (Å²) in [5.74, 6) is 0.335. The summed E-state index contributed by atoms with van der Waals surface area (Å²) in [6.07, 6.45) is 0. The topological polar surface area (TPSA) is 67.9 Å². The minimum absolute atomic E-state index is 0.316. The molecule has 0 fully saturated rings. The number of hydrogen-bond donors (Lipinski definition) is 1. The zero-order chi connectivity index (χ0) is 21.1. The van der Waals surface area contributed by atoms with E-state index in [4.69, 9.17) is 9.47 Å². The second-order valence-electron chi connectivity index (χ2n) is 7.59. The van der Waals surface area contributed by atoms with Crippen molar-refractivity contribution >= 4 is 11.8 Å². The van der Waals surface area contributed by atoms with Gasteiger partial charge in [0.25, 0.3) is 11.8 Å². The number of nitrogens with zero attached hydrogens (tertiary/aromatic N) is 1. The van der Waals surface area contributed by atoms with Gasteiger partial charge in [-0.25, -0.2) is 5.01 Å². The number of rotatable bonds is 4. The first-order chi connectivity index (χ1) is 13.1. The van der Waals surface area contributed by atoms with Gasteiger partial charge in [0.05, 0.1) is 25.3 Å². The Hall–Kier alpha value is -3.02. The highest BCUT2D eigenvalue weighted by Gasteiger charge is 2.31. The summed E-state index contributed by atoms with van der Waals surface area (Å²) in [5.41, 5.74) is 4.57. The lowest BCUT2D eigenvalue weighted by Gasteiger charge is -2.36. The Morgan fingerprint density at radius 2 is 1.57 bits per heavy atom. The summed E-state index contributed by atoms with van der Waals surface area (Å²) in [6.45, 7) is 9.28. The molecule has 6 nitrogen and oxygen atoms in total. The molecule has 2 rings (SSSR count). The highest BCUT2D eigenvalue weighted by molar-refractivity contribution is 6.01. The fourth-order valence-electron chi connectivity index (χ4n) is 2.87. The van der Waals surface area contributed by atoms with Gasteiger partial charge in [-0.2, -0.15) is 0 Å². The summed E-state index contributed by atoms with van der Waals surface area (Å²) in [4.78, 5) is 26.3. The van der Waals surface area contributed by atoms with E-state index in [2.05, 4.69) is 5.43 Å². The highest BCUT2D eigenvalue weighted by Crippen LogP contribution is 2.25. The lowest BCUT2D eigenvalue weighted by Crippen LogP contribution is -2.56. The monoisotopic (exact) mass is 384 g/mol. The van der Waals surface area contributed by atoms with Gasteiger partial charge in [0.2, 0.25) is 0 Å². The van der Waals surface area contributed by atoms with E-state index >= 15 is 0 Å². The zero-order valence-electron chi connectivity index (χ0n) is 17.5. The molecule has 0 radical (unpaired) electrons. The Balaban J connectivity index is 2.42. The van der Waals surface area contributed by atoms with Crippen molar-refractivity contribution in [2.24, 2.45) is 0 Å². The third-order valence-corrected chi connectivity index (χ3v) is 4.42. The van der Waals surface area contributed by atoms with Gasteiger partial charge >= 0.3 is 0 Å². The Bertz CT molecular complexity index is 885. The molecule has 0 bridgehead atoms. The van der Waals surface area contributed by atoms with Crippen LogP contribution in [0, 0.1) is 13.8 Å². The number of ether oxygens (including phenoxy) is 2. The minimum atomic E-state index is -0.653. The third-order valence-electron chi connectivity index (χ3n) is 4.42. The first kappa shape index (κ1) is 21.3. The van der Waals surface area contributed by atoms with Crippen LogP contribution in [0.15, 0.2) is 36.4 Å². The quantitative estimate of drug-likeness (QED) is 0.812. The van der Waals surface area contributed by atoms with Gasteiger partial charge in [-0.05, 0) is 58.9 Å². The van der Waals surface area contributed by atoms with E-state index in [1.54, 1.807) is 37.4 Å². The molecule has 28 heavy (non-hydrogen) atoms. The summed E-state index contributed by atoms with van der Waals surface area (Å²) >= 11 is 0. The van der Waals surface area contributed by atoms with Crippen LogP contribution in [0.5, 0.6) is 11.5 Å². The van der Waals surface area contributed by atoms with E-state index < -0.39 is 11.4 Å². The number of benzene rings is 2. The molecule has 0 atom stereocenters. The lowest BCUT2D eigenvalue weighted by molar-refractivity contribution is 0.0356. The van der Waals surface area contributed by atoms with Crippen LogP contribution in [0.1, 0.15) is 52.6 Å². The van der Waals surface area contributed by atoms with Crippen LogP contribution >= 0.6 is 0 Å². The van der Waals surface area contributed by atoms with Crippen LogP contribution in [0.4, 0.5) is 0 Å². The number of carbonyl (C=O) groups is 2. The largest absolute Gasteiger partial charge is 0.496 e. The van der Waals surface area contributed by atoms with Gasteiger partial charge in [0.15, 0.2) is 0 Å². The molecule has 0 aliphatic rings. The molecule has 2 aromatic rings. The summed E-state index contributed by atoms with van der Waals surface area (Å²) in [6, 6.07) is 10.6. The van der Waals surface area contributed by atoms with Crippen LogP contribution in [-0.4, -0.2) is 36.6 Å². The SMILES string of the molecule is COc1ccc(C)cc1C(=O)NN(C(=O)c1cccc(OC)c1C)C(C)(C)C. The highest BCUT2D eigenvalue weighted by atomic mass is 16.5. The maximum Gasteiger partial charge on any atom is 0.273 e. The van der Waals surface area contributed by atoms with Gasteiger partial charge in [-0.1, -0.05) is 17.7 Å². The van der Waals surface area contributed by atoms with Crippen molar-refractivity contribution in [2.45, 2.75) is 40.2 Å². The van der Waals surface area contributed by atoms with Crippen molar-refractivity contribution < 1.29 is 19.1 Å². The molecule has 1 N–H and O–H groups in total. The van der Waals surface area contributed by atoms with Crippen molar-refractivity contribution in [1.29, 1.82) is 0 Å². The molecule has 0 spiro atoms. The van der Waals surface area contributed by atoms with E-state index in [-0.39, 0.29) is 5.91 Å². The molecule has 6 heteroatoms. The van der Waals surface area contributed by atoms with Crippen molar-refractivity contribution in [2.75, 3.05) is 14.2 Å². The van der Waals surface area contributed by atoms with Crippen LogP contribution in [-0.2, 0) is 0 Å². The van der Waals surface area contributed by atoms with E-state index in [1.807, 2.05) is 40.7 Å². The van der Waals surface area contributed by atoms with Crippen molar-refractivity contribution in [3.63, 3.8) is 0 Å². The maximum absolute atomic E-state index is 13.3. The van der Waals surface area contributed by atoms with E-state index in [9.17, 15) is 9.59 Å². The average molecular weight is 384 g/mol. The fraction of sp³-hybridized carbons (Fsp3) is 0.364. The molecule has 2 amide bonds. The maximum atomic E-state index is 13.3. The van der Waals surface area contributed by atoms with Gasteiger partial charge in [0.1, 0.15) is 11.5 Å². The summed E-state index contributed by atoms with van der Waals surface area (Å²) < 4.78 is 10.6. The summed E-state index contributed by atoms with van der Waals surface area (Å²) in [5, 5.41) is 1.35. The second kappa shape index (κ2) is 8.33. The van der Waals surface area contributed by atoms with Crippen LogP contribution in [0.25, 0.3) is 0 Å². The number of methoxy groups -OCH3 is 2. The standard InChI is InChI=1S/C22H28N2O4/c1-14-11-12-19(28-7)17(13-14)20(25)23-24(22(3,4)5)21(26)16-9-8-10-18(27-6)15(16)2/h8-13H,1-7H3,(H,23,25). The van der Waals surface area contributed by atoms with Gasteiger partial charge in [-0.3, -0.25) is 15.0 Å². The van der Waals surface area contributed by atoms with Gasteiger partial charge in [0, 0.05) is 11.1 Å². The van der Waals surface area contributed by atoms with Gasteiger partial charge in [-0.15, -0.1) is 0 Å². The lowest BCUT2D eigenvalue weighted by atomic mass is 10.0. The smallest absolute Gasteiger partial charge is 0.273 e. The van der Waals surface area contributed by atoms with E-state index in [0.717, 1.165) is 5.56 Å². The van der Waals surface area contributed by atoms with Gasteiger partial charge < -0.3 is 9.47 Å². The molecule has 0 heterocycles. The first-order valence-electron chi connectivity index (χ1n) is 9.04. The minimum Gasteiger partial charge on any atom is -0.496 e. The van der Waals surface area contributed by atoms with Crippen molar-refractivity contribution in [3.8, 4) is 11.5 Å². The van der Waals surface area contributed by atoms with Crippen LogP contribution in [0.3, 0.4) is 0 Å². The number of amides is 2. The number of carbonyl (C=O) groups excluding carboxylic acids is 2.